The molecule has 3 rings (SSSR count). The fourth-order valence-electron chi connectivity index (χ4n) is 2.84. The lowest BCUT2D eigenvalue weighted by Crippen LogP contribution is -2.19. The van der Waals surface area contributed by atoms with Crippen LogP contribution < -0.4 is 10.9 Å². The van der Waals surface area contributed by atoms with E-state index in [0.717, 1.165) is 26.4 Å². The lowest BCUT2D eigenvalue weighted by molar-refractivity contribution is -0.136. The number of pyridine rings is 2. The molecule has 0 aliphatic rings. The molecule has 0 unspecified atom stereocenters. The molecule has 0 aliphatic carbocycles. The van der Waals surface area contributed by atoms with E-state index in [1.54, 1.807) is 0 Å². The van der Waals surface area contributed by atoms with Gasteiger partial charge in [0, 0.05) is 12.1 Å². The van der Waals surface area contributed by atoms with E-state index in [4.69, 9.17) is 0 Å². The Bertz CT molecular complexity index is 1260. The number of esters is 2. The highest BCUT2D eigenvalue weighted by Crippen LogP contribution is 2.35. The van der Waals surface area contributed by atoms with Crippen LogP contribution in [0.25, 0.3) is 21.8 Å². The van der Waals surface area contributed by atoms with Crippen molar-refractivity contribution in [2.24, 2.45) is 0 Å². The third kappa shape index (κ3) is 3.00. The molecule has 11 heteroatoms. The number of ether oxygens (including phenoxy) is 2. The van der Waals surface area contributed by atoms with E-state index >= 15 is 0 Å². The fourth-order valence-corrected chi connectivity index (χ4v) is 2.84. The highest BCUT2D eigenvalue weighted by molar-refractivity contribution is 6.08. The molecule has 0 radical (unpaired) electrons. The van der Waals surface area contributed by atoms with Crippen molar-refractivity contribution in [1.29, 1.82) is 0 Å². The Morgan fingerprint density at radius 1 is 0.857 bits per heavy atom. The van der Waals surface area contributed by atoms with Crippen molar-refractivity contribution in [1.82, 2.24) is 9.97 Å². The van der Waals surface area contributed by atoms with Crippen LogP contribution in [0.1, 0.15) is 26.5 Å². The number of fused-ring (bicyclic) bond motifs is 3. The summed E-state index contributed by atoms with van der Waals surface area (Å²) in [6.45, 7) is 0. The third-order valence-electron chi connectivity index (χ3n) is 4.02. The zero-order valence-electron chi connectivity index (χ0n) is 14.3. The standard InChI is InChI=1S/C17H11F3N2O6/c1-27-15(25)8-4-10(23)12-7(21-8)3-6(17(18,19)20)14-13(12)11(24)5-9(22-14)16(26)28-2/h3-5H,1-2H3,(H,21,23)(H,22,24). The fraction of sp³-hybridized carbons (Fsp3) is 0.176. The maximum atomic E-state index is 13.6. The smallest absolute Gasteiger partial charge is 0.418 e. The number of H-pyrrole nitrogens is 2. The summed E-state index contributed by atoms with van der Waals surface area (Å²) in [6, 6.07) is 2.12. The van der Waals surface area contributed by atoms with Crippen LogP contribution in [0, 0.1) is 0 Å². The number of nitrogens with one attached hydrogen (secondary N) is 2. The zero-order chi connectivity index (χ0) is 20.8. The molecule has 0 spiro atoms. The maximum Gasteiger partial charge on any atom is 0.418 e. The van der Waals surface area contributed by atoms with E-state index in [0.29, 0.717) is 6.07 Å². The highest BCUT2D eigenvalue weighted by Gasteiger charge is 2.35. The minimum atomic E-state index is -4.94. The first-order chi connectivity index (χ1) is 13.1. The van der Waals surface area contributed by atoms with E-state index in [1.807, 2.05) is 0 Å². The number of methoxy groups -OCH3 is 2. The Morgan fingerprint density at radius 2 is 1.36 bits per heavy atom. The van der Waals surface area contributed by atoms with Gasteiger partial charge in [0.05, 0.1) is 41.6 Å². The van der Waals surface area contributed by atoms with Crippen LogP contribution in [0.2, 0.25) is 0 Å². The average Bonchev–Trinajstić information content (AvgIpc) is 2.64. The van der Waals surface area contributed by atoms with Gasteiger partial charge in [0.15, 0.2) is 10.9 Å². The molecular weight excluding hydrogens is 385 g/mol. The first-order valence-corrected chi connectivity index (χ1v) is 7.59. The van der Waals surface area contributed by atoms with Crippen molar-refractivity contribution in [3.05, 3.63) is 55.6 Å². The van der Waals surface area contributed by atoms with Gasteiger partial charge in [-0.25, -0.2) is 9.59 Å². The van der Waals surface area contributed by atoms with Crippen molar-refractivity contribution >= 4 is 33.7 Å². The van der Waals surface area contributed by atoms with Gasteiger partial charge in [0.1, 0.15) is 11.4 Å². The summed E-state index contributed by atoms with van der Waals surface area (Å²) in [5.41, 5.74) is -5.20. The van der Waals surface area contributed by atoms with Crippen molar-refractivity contribution in [3.63, 3.8) is 0 Å². The molecule has 0 fully saturated rings. The number of hydrogen-bond acceptors (Lipinski definition) is 6. The predicted molar refractivity (Wildman–Crippen MR) is 90.4 cm³/mol. The highest BCUT2D eigenvalue weighted by atomic mass is 19.4. The molecule has 2 heterocycles. The van der Waals surface area contributed by atoms with Crippen molar-refractivity contribution in [3.8, 4) is 0 Å². The van der Waals surface area contributed by atoms with Gasteiger partial charge in [-0.05, 0) is 6.07 Å². The average molecular weight is 396 g/mol. The third-order valence-corrected chi connectivity index (χ3v) is 4.02. The molecule has 146 valence electrons. The quantitative estimate of drug-likeness (QED) is 0.505. The van der Waals surface area contributed by atoms with Crippen LogP contribution in [0.3, 0.4) is 0 Å². The lowest BCUT2D eigenvalue weighted by Gasteiger charge is -2.14. The van der Waals surface area contributed by atoms with Crippen LogP contribution in [0.4, 0.5) is 13.2 Å². The summed E-state index contributed by atoms with van der Waals surface area (Å²) < 4.78 is 49.7. The second-order valence-electron chi connectivity index (χ2n) is 5.67. The topological polar surface area (TPSA) is 118 Å². The number of aromatic amines is 2. The van der Waals surface area contributed by atoms with Gasteiger partial charge in [-0.15, -0.1) is 0 Å². The van der Waals surface area contributed by atoms with E-state index in [9.17, 15) is 32.3 Å². The van der Waals surface area contributed by atoms with E-state index in [-0.39, 0.29) is 16.6 Å². The summed E-state index contributed by atoms with van der Waals surface area (Å²) in [7, 11) is 2.03. The zero-order valence-corrected chi connectivity index (χ0v) is 14.3. The van der Waals surface area contributed by atoms with Gasteiger partial charge in [-0.1, -0.05) is 0 Å². The van der Waals surface area contributed by atoms with Crippen LogP contribution in [-0.2, 0) is 15.7 Å². The minimum absolute atomic E-state index is 0.367. The summed E-state index contributed by atoms with van der Waals surface area (Å²) in [5.74, 6) is -2.02. The molecule has 2 aromatic heterocycles. The van der Waals surface area contributed by atoms with E-state index < -0.39 is 51.1 Å². The largest absolute Gasteiger partial charge is 0.464 e. The Kier molecular flexibility index (Phi) is 4.45. The molecule has 8 nitrogen and oxygen atoms in total. The Morgan fingerprint density at radius 3 is 1.86 bits per heavy atom. The van der Waals surface area contributed by atoms with Gasteiger partial charge in [0.25, 0.3) is 0 Å². The number of halogens is 3. The summed E-state index contributed by atoms with van der Waals surface area (Å²) >= 11 is 0. The molecule has 2 N–H and O–H groups in total. The molecule has 0 atom stereocenters. The van der Waals surface area contributed by atoms with E-state index in [2.05, 4.69) is 19.4 Å². The molecule has 0 saturated heterocycles. The first-order valence-electron chi connectivity index (χ1n) is 7.59. The van der Waals surface area contributed by atoms with Crippen molar-refractivity contribution < 1.29 is 32.2 Å². The van der Waals surface area contributed by atoms with Gasteiger partial charge >= 0.3 is 18.1 Å². The lowest BCUT2D eigenvalue weighted by atomic mass is 10.0. The molecular formula is C17H11F3N2O6. The number of rotatable bonds is 2. The number of alkyl halides is 3. The normalized spacial score (nSPS) is 11.6. The van der Waals surface area contributed by atoms with Gasteiger partial charge < -0.3 is 19.4 Å². The molecule has 0 bridgehead atoms. The number of benzene rings is 1. The van der Waals surface area contributed by atoms with Crippen LogP contribution in [-0.4, -0.2) is 36.1 Å². The van der Waals surface area contributed by atoms with Gasteiger partial charge in [-0.3, -0.25) is 9.59 Å². The Labute approximate surface area is 152 Å². The maximum absolute atomic E-state index is 13.6. The van der Waals surface area contributed by atoms with Crippen LogP contribution in [0.5, 0.6) is 0 Å². The van der Waals surface area contributed by atoms with Gasteiger partial charge in [-0.2, -0.15) is 13.2 Å². The molecule has 28 heavy (non-hydrogen) atoms. The number of carbonyl (C=O) groups is 2. The summed E-state index contributed by atoms with van der Waals surface area (Å²) in [4.78, 5) is 52.9. The molecule has 0 aliphatic heterocycles. The predicted octanol–water partition coefficient (Wildman–Crippen LogP) is 1.96. The van der Waals surface area contributed by atoms with Crippen LogP contribution >= 0.6 is 0 Å². The number of carbonyl (C=O) groups excluding carboxylic acids is 2. The van der Waals surface area contributed by atoms with Crippen LogP contribution in [0.15, 0.2) is 27.8 Å². The molecule has 0 saturated carbocycles. The Balaban J connectivity index is 2.57. The van der Waals surface area contributed by atoms with Crippen molar-refractivity contribution in [2.75, 3.05) is 14.2 Å². The first kappa shape index (κ1) is 19.1. The minimum Gasteiger partial charge on any atom is -0.464 e. The van der Waals surface area contributed by atoms with E-state index in [1.165, 1.54) is 0 Å². The second kappa shape index (κ2) is 6.51. The molecule has 0 amide bonds. The Hall–Kier alpha value is -3.63. The monoisotopic (exact) mass is 396 g/mol. The number of aromatic nitrogens is 2. The van der Waals surface area contributed by atoms with Gasteiger partial charge in [0.2, 0.25) is 0 Å². The molecule has 1 aromatic carbocycles. The van der Waals surface area contributed by atoms with Crippen molar-refractivity contribution in [2.45, 2.75) is 6.18 Å². The summed E-state index contributed by atoms with van der Waals surface area (Å²) in [5, 5.41) is -0.941. The molecule has 3 aromatic rings. The number of hydrogen-bond donors (Lipinski definition) is 2. The summed E-state index contributed by atoms with van der Waals surface area (Å²) in [6.07, 6.45) is -4.94. The SMILES string of the molecule is COC(=O)c1cc(=O)c2c(cc(C(F)(F)F)c3[nH]c(C(=O)OC)cc(=O)c32)[nH]1. The second-order valence-corrected chi connectivity index (χ2v) is 5.67.